The first-order chi connectivity index (χ1) is 14.8. The van der Waals surface area contributed by atoms with Gasteiger partial charge in [-0.3, -0.25) is 9.59 Å². The molecule has 166 valence electrons. The number of ether oxygens (including phenoxy) is 1. The average molecular weight is 426 g/mol. The number of nitrogens with two attached hydrogens (primary N) is 1. The summed E-state index contributed by atoms with van der Waals surface area (Å²) in [6.45, 7) is 6.04. The lowest BCUT2D eigenvalue weighted by Crippen LogP contribution is -2.33. The van der Waals surface area contributed by atoms with Gasteiger partial charge in [0.15, 0.2) is 11.6 Å². The molecule has 0 aliphatic carbocycles. The Morgan fingerprint density at radius 1 is 1.42 bits per heavy atom. The van der Waals surface area contributed by atoms with Gasteiger partial charge in [-0.2, -0.15) is 0 Å². The van der Waals surface area contributed by atoms with E-state index in [2.05, 4.69) is 15.6 Å². The predicted molar refractivity (Wildman–Crippen MR) is 125 cm³/mol. The van der Waals surface area contributed by atoms with Crippen molar-refractivity contribution in [2.75, 3.05) is 24.3 Å². The largest absolute Gasteiger partial charge is 0.398 e. The van der Waals surface area contributed by atoms with Crippen LogP contribution >= 0.6 is 0 Å². The van der Waals surface area contributed by atoms with Crippen LogP contribution in [0, 0.1) is 11.3 Å². The number of rotatable bonds is 8. The summed E-state index contributed by atoms with van der Waals surface area (Å²) in [4.78, 5) is 28.8. The summed E-state index contributed by atoms with van der Waals surface area (Å²) in [6.07, 6.45) is 7.81. The molecule has 0 saturated heterocycles. The molecule has 31 heavy (non-hydrogen) atoms. The fourth-order valence-corrected chi connectivity index (χ4v) is 2.92. The number of amides is 1. The van der Waals surface area contributed by atoms with Gasteiger partial charge in [0.1, 0.15) is 6.61 Å². The van der Waals surface area contributed by atoms with E-state index < -0.39 is 0 Å². The van der Waals surface area contributed by atoms with Crippen LogP contribution in [0.1, 0.15) is 39.2 Å². The van der Waals surface area contributed by atoms with Crippen molar-refractivity contribution < 1.29 is 14.3 Å². The highest BCUT2D eigenvalue weighted by molar-refractivity contribution is 6.43. The molecule has 1 aromatic carbocycles. The molecule has 8 heteroatoms. The first-order valence-electron chi connectivity index (χ1n) is 10.3. The van der Waals surface area contributed by atoms with Crippen molar-refractivity contribution in [3.8, 4) is 0 Å². The van der Waals surface area contributed by atoms with Gasteiger partial charge in [-0.1, -0.05) is 19.1 Å². The number of hydrogen-bond donors (Lipinski definition) is 4. The minimum atomic E-state index is -0.162. The standard InChI is InChI=1S/C23H31N5O3/c1-15(2)26-22(30)14-31-10-4-5-18-7-6-16(3)11-21(29)23(27-18)28-19-8-9-20(25)17(12-19)13-24/h4-5,7-9,12-13,15-16,24H,6,10-11,14,25H2,1-3H3,(H,26,30)(H,27,28)/b5-4+,18-7+,24-13?. The maximum atomic E-state index is 12.7. The molecule has 1 amide bonds. The van der Waals surface area contributed by atoms with E-state index in [1.54, 1.807) is 30.4 Å². The molecular weight excluding hydrogens is 394 g/mol. The smallest absolute Gasteiger partial charge is 0.246 e. The lowest BCUT2D eigenvalue weighted by molar-refractivity contribution is -0.125. The number of hydrogen-bond acceptors (Lipinski definition) is 7. The number of Topliss-reactive ketones (excluding diaryl/α,β-unsaturated/α-hetero) is 1. The van der Waals surface area contributed by atoms with Gasteiger partial charge < -0.3 is 26.5 Å². The monoisotopic (exact) mass is 425 g/mol. The first-order valence-corrected chi connectivity index (χ1v) is 10.3. The molecule has 1 aliphatic heterocycles. The van der Waals surface area contributed by atoms with Crippen LogP contribution in [0.15, 0.2) is 47.1 Å². The third kappa shape index (κ3) is 8.18. The minimum Gasteiger partial charge on any atom is -0.398 e. The van der Waals surface area contributed by atoms with Crippen molar-refractivity contribution in [3.63, 3.8) is 0 Å². The third-order valence-corrected chi connectivity index (χ3v) is 4.46. The Labute approximate surface area is 183 Å². The Kier molecular flexibility index (Phi) is 9.14. The van der Waals surface area contributed by atoms with E-state index >= 15 is 0 Å². The van der Waals surface area contributed by atoms with Crippen molar-refractivity contribution in [2.45, 2.75) is 39.7 Å². The molecule has 5 N–H and O–H groups in total. The number of ketones is 1. The summed E-state index contributed by atoms with van der Waals surface area (Å²) >= 11 is 0. The van der Waals surface area contributed by atoms with Crippen LogP contribution in [0.2, 0.25) is 0 Å². The van der Waals surface area contributed by atoms with Gasteiger partial charge in [0.05, 0.1) is 12.3 Å². The number of amidine groups is 1. The second kappa shape index (κ2) is 11.8. The van der Waals surface area contributed by atoms with Crippen LogP contribution < -0.4 is 16.4 Å². The average Bonchev–Trinajstić information content (AvgIpc) is 2.70. The molecular formula is C23H31N5O3. The topological polar surface area (TPSA) is 130 Å². The van der Waals surface area contributed by atoms with Crippen LogP contribution in [-0.4, -0.2) is 43.0 Å². The number of nitrogens with zero attached hydrogens (tertiary/aromatic N) is 1. The van der Waals surface area contributed by atoms with Gasteiger partial charge in [-0.05, 0) is 50.5 Å². The number of aliphatic imine (C=N–C) groups is 1. The van der Waals surface area contributed by atoms with Crippen LogP contribution in [-0.2, 0) is 14.3 Å². The van der Waals surface area contributed by atoms with Crippen molar-refractivity contribution in [1.82, 2.24) is 5.32 Å². The summed E-state index contributed by atoms with van der Waals surface area (Å²) in [5, 5.41) is 13.3. The maximum absolute atomic E-state index is 12.7. The number of nitrogens with one attached hydrogen (secondary N) is 3. The molecule has 0 spiro atoms. The maximum Gasteiger partial charge on any atom is 0.246 e. The van der Waals surface area contributed by atoms with Gasteiger partial charge in [0.25, 0.3) is 0 Å². The Balaban J connectivity index is 2.09. The summed E-state index contributed by atoms with van der Waals surface area (Å²) in [5.41, 5.74) is 8.16. The van der Waals surface area contributed by atoms with Crippen molar-refractivity contribution in [1.29, 1.82) is 5.41 Å². The zero-order chi connectivity index (χ0) is 22.8. The lowest BCUT2D eigenvalue weighted by Gasteiger charge is -2.16. The highest BCUT2D eigenvalue weighted by Crippen LogP contribution is 2.20. The minimum absolute atomic E-state index is 0.0142. The zero-order valence-corrected chi connectivity index (χ0v) is 18.3. The molecule has 0 aromatic heterocycles. The number of benzene rings is 1. The fraction of sp³-hybridized carbons (Fsp3) is 0.391. The molecule has 1 aliphatic rings. The van der Waals surface area contributed by atoms with E-state index in [0.29, 0.717) is 29.1 Å². The van der Waals surface area contributed by atoms with Gasteiger partial charge in [0, 0.05) is 35.6 Å². The third-order valence-electron chi connectivity index (χ3n) is 4.46. The zero-order valence-electron chi connectivity index (χ0n) is 18.3. The van der Waals surface area contributed by atoms with E-state index in [4.69, 9.17) is 15.9 Å². The summed E-state index contributed by atoms with van der Waals surface area (Å²) < 4.78 is 5.35. The Morgan fingerprint density at radius 2 is 2.19 bits per heavy atom. The normalized spacial score (nSPS) is 18.7. The molecule has 1 unspecified atom stereocenters. The van der Waals surface area contributed by atoms with Crippen LogP contribution in [0.25, 0.3) is 0 Å². The number of carbonyl (C=O) groups excluding carboxylic acids is 2. The Morgan fingerprint density at radius 3 is 2.90 bits per heavy atom. The van der Waals surface area contributed by atoms with E-state index in [9.17, 15) is 9.59 Å². The van der Waals surface area contributed by atoms with Gasteiger partial charge >= 0.3 is 0 Å². The van der Waals surface area contributed by atoms with E-state index in [1.807, 2.05) is 26.8 Å². The van der Waals surface area contributed by atoms with Gasteiger partial charge in [0.2, 0.25) is 5.91 Å². The van der Waals surface area contributed by atoms with E-state index in [-0.39, 0.29) is 42.7 Å². The van der Waals surface area contributed by atoms with Gasteiger partial charge in [-0.25, -0.2) is 4.99 Å². The lowest BCUT2D eigenvalue weighted by atomic mass is 9.98. The number of anilines is 2. The number of carbonyl (C=O) groups is 2. The molecule has 1 aromatic rings. The van der Waals surface area contributed by atoms with Crippen LogP contribution in [0.4, 0.5) is 11.4 Å². The summed E-state index contributed by atoms with van der Waals surface area (Å²) in [6, 6.07) is 5.20. The Bertz CT molecular complexity index is 902. The SMILES string of the molecule is CC1C/C=C(\C=C\COCC(=O)NC(C)C)N=C(Nc2ccc(N)c(C=N)c2)C(=O)C1. The molecule has 0 radical (unpaired) electrons. The quantitative estimate of drug-likeness (QED) is 0.289. The molecule has 1 heterocycles. The second-order valence-electron chi connectivity index (χ2n) is 7.81. The molecule has 8 nitrogen and oxygen atoms in total. The molecule has 1 atom stereocenters. The predicted octanol–water partition coefficient (Wildman–Crippen LogP) is 3.06. The molecule has 2 rings (SSSR count). The second-order valence-corrected chi connectivity index (χ2v) is 7.81. The fourth-order valence-electron chi connectivity index (χ4n) is 2.92. The Hall–Kier alpha value is -3.26. The summed E-state index contributed by atoms with van der Waals surface area (Å²) in [5.74, 6) is 0.176. The van der Waals surface area contributed by atoms with Crippen molar-refractivity contribution in [2.24, 2.45) is 10.9 Å². The van der Waals surface area contributed by atoms with E-state index in [0.717, 1.165) is 6.42 Å². The number of nitrogen functional groups attached to an aromatic ring is 1. The van der Waals surface area contributed by atoms with Crippen molar-refractivity contribution in [3.05, 3.63) is 47.7 Å². The van der Waals surface area contributed by atoms with Crippen molar-refractivity contribution >= 4 is 35.1 Å². The van der Waals surface area contributed by atoms with Gasteiger partial charge in [-0.15, -0.1) is 0 Å². The number of allylic oxidation sites excluding steroid dienone is 2. The van der Waals surface area contributed by atoms with Crippen LogP contribution in [0.5, 0.6) is 0 Å². The molecule has 0 fully saturated rings. The summed E-state index contributed by atoms with van der Waals surface area (Å²) in [7, 11) is 0. The molecule has 0 saturated carbocycles. The highest BCUT2D eigenvalue weighted by atomic mass is 16.5. The molecule has 0 bridgehead atoms. The van der Waals surface area contributed by atoms with Crippen LogP contribution in [0.3, 0.4) is 0 Å². The highest BCUT2D eigenvalue weighted by Gasteiger charge is 2.18. The van der Waals surface area contributed by atoms with E-state index in [1.165, 1.54) is 6.21 Å². The first kappa shape index (κ1) is 24.0.